The van der Waals surface area contributed by atoms with Gasteiger partial charge in [-0.05, 0) is 80.3 Å². The molecule has 0 radical (unpaired) electrons. The van der Waals surface area contributed by atoms with E-state index in [1.807, 2.05) is 15.1 Å². The van der Waals surface area contributed by atoms with E-state index in [0.717, 1.165) is 78.9 Å². The van der Waals surface area contributed by atoms with Crippen LogP contribution in [-0.4, -0.2) is 21.3 Å². The Labute approximate surface area is 185 Å². The molecule has 1 aromatic carbocycles. The standard InChI is InChI=1S/C26H35N3O2/c1-6-9-19(10-7-2)23-15-17(4)29-24(23)26(30)28(20-11-12-20)25(27-29)22-14-13-21(31-5)16-18(22)8-3/h13-16,19-20H,6-12H2,1-5H3. The van der Waals surface area contributed by atoms with E-state index in [-0.39, 0.29) is 11.6 Å². The van der Waals surface area contributed by atoms with Gasteiger partial charge in [-0.1, -0.05) is 33.6 Å². The van der Waals surface area contributed by atoms with E-state index in [1.165, 1.54) is 5.56 Å². The highest BCUT2D eigenvalue weighted by Gasteiger charge is 2.31. The summed E-state index contributed by atoms with van der Waals surface area (Å²) in [5.74, 6) is 2.04. The number of aromatic nitrogens is 3. The van der Waals surface area contributed by atoms with Crippen molar-refractivity contribution in [2.75, 3.05) is 7.11 Å². The molecule has 0 spiro atoms. The molecule has 0 saturated heterocycles. The van der Waals surface area contributed by atoms with Crippen molar-refractivity contribution in [2.45, 2.75) is 84.6 Å². The van der Waals surface area contributed by atoms with Crippen molar-refractivity contribution in [1.29, 1.82) is 0 Å². The van der Waals surface area contributed by atoms with Crippen LogP contribution >= 0.6 is 0 Å². The van der Waals surface area contributed by atoms with Crippen molar-refractivity contribution in [1.82, 2.24) is 14.2 Å². The van der Waals surface area contributed by atoms with Crippen LogP contribution in [0.25, 0.3) is 16.9 Å². The zero-order chi connectivity index (χ0) is 22.1. The molecule has 166 valence electrons. The summed E-state index contributed by atoms with van der Waals surface area (Å²) in [6.45, 7) is 8.65. The van der Waals surface area contributed by atoms with E-state index in [9.17, 15) is 4.79 Å². The first-order valence-corrected chi connectivity index (χ1v) is 11.9. The molecule has 5 nitrogen and oxygen atoms in total. The minimum Gasteiger partial charge on any atom is -0.497 e. The summed E-state index contributed by atoms with van der Waals surface area (Å²) in [5, 5.41) is 5.09. The van der Waals surface area contributed by atoms with E-state index in [0.29, 0.717) is 5.92 Å². The van der Waals surface area contributed by atoms with E-state index in [4.69, 9.17) is 9.84 Å². The average Bonchev–Trinajstić information content (AvgIpc) is 3.56. The maximum atomic E-state index is 14.0. The van der Waals surface area contributed by atoms with Crippen molar-refractivity contribution in [3.05, 3.63) is 51.4 Å². The number of methoxy groups -OCH3 is 1. The third-order valence-corrected chi connectivity index (χ3v) is 6.59. The van der Waals surface area contributed by atoms with Crippen LogP contribution in [0.15, 0.2) is 29.1 Å². The van der Waals surface area contributed by atoms with E-state index in [1.54, 1.807) is 7.11 Å². The molecule has 0 unspecified atom stereocenters. The summed E-state index contributed by atoms with van der Waals surface area (Å²) in [6, 6.07) is 8.55. The second-order valence-corrected chi connectivity index (χ2v) is 8.88. The topological polar surface area (TPSA) is 48.5 Å². The fraction of sp³-hybridized carbons (Fsp3) is 0.538. The largest absolute Gasteiger partial charge is 0.497 e. The summed E-state index contributed by atoms with van der Waals surface area (Å²) in [6.07, 6.45) is 7.40. The number of benzene rings is 1. The Balaban J connectivity index is 1.99. The molecular weight excluding hydrogens is 386 g/mol. The highest BCUT2D eigenvalue weighted by molar-refractivity contribution is 5.65. The van der Waals surface area contributed by atoms with E-state index < -0.39 is 0 Å². The molecule has 0 aliphatic heterocycles. The second kappa shape index (κ2) is 8.89. The summed E-state index contributed by atoms with van der Waals surface area (Å²) in [7, 11) is 1.69. The number of aryl methyl sites for hydroxylation is 2. The van der Waals surface area contributed by atoms with Crippen LogP contribution in [0.1, 0.15) is 88.1 Å². The molecule has 2 heterocycles. The van der Waals surface area contributed by atoms with Crippen LogP contribution in [0, 0.1) is 6.92 Å². The Morgan fingerprint density at radius 1 is 1.13 bits per heavy atom. The first kappa shape index (κ1) is 21.7. The van der Waals surface area contributed by atoms with Crippen LogP contribution in [0.4, 0.5) is 0 Å². The Morgan fingerprint density at radius 3 is 2.42 bits per heavy atom. The van der Waals surface area contributed by atoms with Crippen molar-refractivity contribution < 1.29 is 4.74 Å². The van der Waals surface area contributed by atoms with Gasteiger partial charge < -0.3 is 4.74 Å². The Bertz CT molecular complexity index is 1130. The van der Waals surface area contributed by atoms with Gasteiger partial charge in [0.25, 0.3) is 5.56 Å². The number of hydrogen-bond donors (Lipinski definition) is 0. The molecule has 5 heteroatoms. The summed E-state index contributed by atoms with van der Waals surface area (Å²) in [5.41, 5.74) is 5.31. The lowest BCUT2D eigenvalue weighted by molar-refractivity contribution is 0.414. The fourth-order valence-corrected chi connectivity index (χ4v) is 4.88. The minimum atomic E-state index is 0.116. The number of fused-ring (bicyclic) bond motifs is 1. The normalized spacial score (nSPS) is 14.0. The van der Waals surface area contributed by atoms with Gasteiger partial charge in [0.2, 0.25) is 0 Å². The average molecular weight is 422 g/mol. The van der Waals surface area contributed by atoms with Gasteiger partial charge in [0.15, 0.2) is 5.82 Å². The van der Waals surface area contributed by atoms with Gasteiger partial charge in [0.05, 0.1) is 7.11 Å². The van der Waals surface area contributed by atoms with Gasteiger partial charge in [-0.25, -0.2) is 4.52 Å². The molecule has 3 aromatic rings. The summed E-state index contributed by atoms with van der Waals surface area (Å²) < 4.78 is 9.32. The minimum absolute atomic E-state index is 0.116. The van der Waals surface area contributed by atoms with Crippen LogP contribution < -0.4 is 10.3 Å². The third kappa shape index (κ3) is 3.90. The monoisotopic (exact) mass is 421 g/mol. The van der Waals surface area contributed by atoms with Crippen LogP contribution in [0.2, 0.25) is 0 Å². The highest BCUT2D eigenvalue weighted by atomic mass is 16.5. The highest BCUT2D eigenvalue weighted by Crippen LogP contribution is 2.39. The van der Waals surface area contributed by atoms with Gasteiger partial charge in [-0.2, -0.15) is 0 Å². The maximum Gasteiger partial charge on any atom is 0.278 e. The summed E-state index contributed by atoms with van der Waals surface area (Å²) >= 11 is 0. The Kier molecular flexibility index (Phi) is 6.22. The summed E-state index contributed by atoms with van der Waals surface area (Å²) in [4.78, 5) is 14.0. The molecule has 2 aromatic heterocycles. The Hall–Kier alpha value is -2.56. The lowest BCUT2D eigenvalue weighted by Gasteiger charge is -2.18. The number of hydrogen-bond acceptors (Lipinski definition) is 3. The zero-order valence-corrected chi connectivity index (χ0v) is 19.6. The molecule has 0 atom stereocenters. The molecule has 0 amide bonds. The molecule has 31 heavy (non-hydrogen) atoms. The molecule has 1 fully saturated rings. The molecule has 1 saturated carbocycles. The molecule has 0 N–H and O–H groups in total. The number of nitrogens with zero attached hydrogens (tertiary/aromatic N) is 3. The first-order valence-electron chi connectivity index (χ1n) is 11.9. The first-order chi connectivity index (χ1) is 15.0. The fourth-order valence-electron chi connectivity index (χ4n) is 4.88. The molecular formula is C26H35N3O2. The predicted molar refractivity (Wildman–Crippen MR) is 126 cm³/mol. The van der Waals surface area contributed by atoms with Crippen LogP contribution in [0.5, 0.6) is 5.75 Å². The lowest BCUT2D eigenvalue weighted by Crippen LogP contribution is -2.26. The number of ether oxygens (including phenoxy) is 1. The second-order valence-electron chi connectivity index (χ2n) is 8.88. The van der Waals surface area contributed by atoms with Gasteiger partial charge in [0.1, 0.15) is 11.3 Å². The Morgan fingerprint density at radius 2 is 1.84 bits per heavy atom. The van der Waals surface area contributed by atoms with Gasteiger partial charge in [0, 0.05) is 17.3 Å². The predicted octanol–water partition coefficient (Wildman–Crippen LogP) is 6.06. The zero-order valence-electron chi connectivity index (χ0n) is 19.6. The maximum absolute atomic E-state index is 14.0. The van der Waals surface area contributed by atoms with E-state index >= 15 is 0 Å². The molecule has 4 rings (SSSR count). The molecule has 1 aliphatic rings. The van der Waals surface area contributed by atoms with Gasteiger partial charge in [-0.3, -0.25) is 9.36 Å². The quantitative estimate of drug-likeness (QED) is 0.422. The molecule has 0 bridgehead atoms. The molecule has 1 aliphatic carbocycles. The van der Waals surface area contributed by atoms with Crippen molar-refractivity contribution >= 4 is 5.52 Å². The third-order valence-electron chi connectivity index (χ3n) is 6.59. The van der Waals surface area contributed by atoms with Crippen molar-refractivity contribution in [3.8, 4) is 17.1 Å². The SMILES string of the molecule is CCCC(CCC)c1cc(C)n2nc(-c3ccc(OC)cc3CC)n(C3CC3)c(=O)c12. The number of rotatable bonds is 9. The van der Waals surface area contributed by atoms with Crippen molar-refractivity contribution in [2.24, 2.45) is 0 Å². The van der Waals surface area contributed by atoms with Crippen LogP contribution in [-0.2, 0) is 6.42 Å². The van der Waals surface area contributed by atoms with Gasteiger partial charge in [-0.15, -0.1) is 5.10 Å². The lowest BCUT2D eigenvalue weighted by atomic mass is 9.91. The van der Waals surface area contributed by atoms with Gasteiger partial charge >= 0.3 is 0 Å². The van der Waals surface area contributed by atoms with Crippen molar-refractivity contribution in [3.63, 3.8) is 0 Å². The van der Waals surface area contributed by atoms with E-state index in [2.05, 4.69) is 45.9 Å². The smallest absolute Gasteiger partial charge is 0.278 e. The van der Waals surface area contributed by atoms with Crippen LogP contribution in [0.3, 0.4) is 0 Å².